The van der Waals surface area contributed by atoms with Gasteiger partial charge >= 0.3 is 0 Å². The minimum atomic E-state index is 0.514. The Hall–Kier alpha value is -1.20. The average Bonchev–Trinajstić information content (AvgIpc) is 2.54. The third kappa shape index (κ3) is 3.04. The Balaban J connectivity index is 1.87. The largest absolute Gasteiger partial charge is 0.341 e. The summed E-state index contributed by atoms with van der Waals surface area (Å²) < 4.78 is 0. The molecule has 0 spiro atoms. The molecule has 1 aromatic rings. The first-order valence-corrected chi connectivity index (χ1v) is 8.27. The van der Waals surface area contributed by atoms with Crippen LogP contribution < -0.4 is 10.6 Å². The van der Waals surface area contributed by atoms with Crippen LogP contribution in [0.25, 0.3) is 0 Å². The van der Waals surface area contributed by atoms with Crippen molar-refractivity contribution >= 4 is 5.95 Å². The molecule has 0 aromatic carbocycles. The highest BCUT2D eigenvalue weighted by molar-refractivity contribution is 5.39. The van der Waals surface area contributed by atoms with Crippen molar-refractivity contribution in [2.45, 2.75) is 46.2 Å². The van der Waals surface area contributed by atoms with Crippen molar-refractivity contribution in [3.8, 4) is 0 Å². The summed E-state index contributed by atoms with van der Waals surface area (Å²) >= 11 is 0. The number of likely N-dealkylation sites (N-methyl/N-ethyl adjacent to an activating group) is 1. The maximum Gasteiger partial charge on any atom is 0.225 e. The normalized spacial score (nSPS) is 20.6. The van der Waals surface area contributed by atoms with Gasteiger partial charge in [0.1, 0.15) is 0 Å². The molecule has 0 bridgehead atoms. The van der Waals surface area contributed by atoms with Gasteiger partial charge in [0.05, 0.1) is 11.4 Å². The van der Waals surface area contributed by atoms with Gasteiger partial charge in [-0.05, 0) is 25.3 Å². The summed E-state index contributed by atoms with van der Waals surface area (Å²) in [6.07, 6.45) is 3.50. The van der Waals surface area contributed by atoms with Crippen LogP contribution >= 0.6 is 0 Å². The first-order valence-electron chi connectivity index (χ1n) is 8.27. The average molecular weight is 289 g/mol. The molecule has 1 aromatic heterocycles. The van der Waals surface area contributed by atoms with Crippen LogP contribution in [-0.4, -0.2) is 41.0 Å². The smallest absolute Gasteiger partial charge is 0.225 e. The van der Waals surface area contributed by atoms with Crippen LogP contribution in [0, 0.1) is 5.92 Å². The Kier molecular flexibility index (Phi) is 4.40. The van der Waals surface area contributed by atoms with Crippen LogP contribution in [0.1, 0.15) is 43.6 Å². The molecule has 21 heavy (non-hydrogen) atoms. The van der Waals surface area contributed by atoms with Crippen molar-refractivity contribution in [3.05, 3.63) is 17.0 Å². The van der Waals surface area contributed by atoms with Crippen molar-refractivity contribution in [1.82, 2.24) is 14.9 Å². The Morgan fingerprint density at radius 3 is 2.62 bits per heavy atom. The van der Waals surface area contributed by atoms with E-state index in [1.807, 2.05) is 0 Å². The Morgan fingerprint density at radius 1 is 1.19 bits per heavy atom. The summed E-state index contributed by atoms with van der Waals surface area (Å²) in [5.41, 5.74) is 9.51. The molecule has 2 aliphatic heterocycles. The Bertz CT molecular complexity index is 476. The lowest BCUT2D eigenvalue weighted by Crippen LogP contribution is -2.36. The molecule has 1 fully saturated rings. The van der Waals surface area contributed by atoms with Crippen molar-refractivity contribution < 1.29 is 0 Å². The lowest BCUT2D eigenvalue weighted by molar-refractivity contribution is 0.263. The molecule has 3 heterocycles. The van der Waals surface area contributed by atoms with E-state index in [4.69, 9.17) is 15.7 Å². The lowest BCUT2D eigenvalue weighted by Gasteiger charge is -2.33. The summed E-state index contributed by atoms with van der Waals surface area (Å²) in [6, 6.07) is 0. The second-order valence-electron chi connectivity index (χ2n) is 6.39. The zero-order valence-corrected chi connectivity index (χ0v) is 13.3. The van der Waals surface area contributed by atoms with Gasteiger partial charge in [0, 0.05) is 44.7 Å². The number of aromatic nitrogens is 2. The summed E-state index contributed by atoms with van der Waals surface area (Å²) in [7, 11) is 0. The number of anilines is 1. The fourth-order valence-corrected chi connectivity index (χ4v) is 3.31. The van der Waals surface area contributed by atoms with Gasteiger partial charge in [0.2, 0.25) is 5.95 Å². The third-order valence-electron chi connectivity index (χ3n) is 4.92. The maximum absolute atomic E-state index is 5.95. The number of nitrogens with two attached hydrogens (primary N) is 1. The monoisotopic (exact) mass is 289 g/mol. The van der Waals surface area contributed by atoms with Gasteiger partial charge in [-0.1, -0.05) is 13.8 Å². The standard InChI is InChI=1S/C16H27N5/c1-3-20-7-6-14-13(11-20)15(10-17)19-16(18-14)21-8-4-12(2)5-9-21/h12H,3-11,17H2,1-2H3. The van der Waals surface area contributed by atoms with Gasteiger partial charge in [0.25, 0.3) is 0 Å². The molecule has 2 aliphatic rings. The van der Waals surface area contributed by atoms with Gasteiger partial charge < -0.3 is 10.6 Å². The third-order valence-corrected chi connectivity index (χ3v) is 4.92. The van der Waals surface area contributed by atoms with E-state index in [0.717, 1.165) is 56.7 Å². The van der Waals surface area contributed by atoms with E-state index in [-0.39, 0.29) is 0 Å². The first kappa shape index (κ1) is 14.7. The van der Waals surface area contributed by atoms with E-state index in [1.165, 1.54) is 24.1 Å². The number of nitrogens with zero attached hydrogens (tertiary/aromatic N) is 4. The predicted molar refractivity (Wildman–Crippen MR) is 85.2 cm³/mol. The van der Waals surface area contributed by atoms with E-state index in [9.17, 15) is 0 Å². The molecule has 2 N–H and O–H groups in total. The van der Waals surface area contributed by atoms with Crippen LogP contribution in [0.15, 0.2) is 0 Å². The first-order chi connectivity index (χ1) is 10.2. The van der Waals surface area contributed by atoms with Crippen LogP contribution in [-0.2, 0) is 19.5 Å². The van der Waals surface area contributed by atoms with E-state index in [2.05, 4.69) is 23.6 Å². The van der Waals surface area contributed by atoms with Crippen LogP contribution in [0.2, 0.25) is 0 Å². The molecule has 0 aliphatic carbocycles. The highest BCUT2D eigenvalue weighted by Gasteiger charge is 2.24. The van der Waals surface area contributed by atoms with E-state index in [0.29, 0.717) is 6.54 Å². The number of rotatable bonds is 3. The van der Waals surface area contributed by atoms with Crippen molar-refractivity contribution in [3.63, 3.8) is 0 Å². The van der Waals surface area contributed by atoms with Gasteiger partial charge in [-0.2, -0.15) is 0 Å². The van der Waals surface area contributed by atoms with Crippen LogP contribution in [0.5, 0.6) is 0 Å². The predicted octanol–water partition coefficient (Wildman–Crippen LogP) is 1.55. The quantitative estimate of drug-likeness (QED) is 0.915. The van der Waals surface area contributed by atoms with E-state index < -0.39 is 0 Å². The van der Waals surface area contributed by atoms with E-state index in [1.54, 1.807) is 0 Å². The SMILES string of the molecule is CCN1CCc2nc(N3CCC(C)CC3)nc(CN)c2C1. The van der Waals surface area contributed by atoms with Gasteiger partial charge in [-0.3, -0.25) is 4.90 Å². The lowest BCUT2D eigenvalue weighted by atomic mass is 9.99. The summed E-state index contributed by atoms with van der Waals surface area (Å²) in [4.78, 5) is 14.4. The fraction of sp³-hybridized carbons (Fsp3) is 0.750. The molecule has 5 heteroatoms. The second kappa shape index (κ2) is 6.28. The van der Waals surface area contributed by atoms with Crippen molar-refractivity contribution in [2.24, 2.45) is 11.7 Å². The van der Waals surface area contributed by atoms with Crippen molar-refractivity contribution in [1.29, 1.82) is 0 Å². The molecule has 0 amide bonds. The number of piperidine rings is 1. The Labute approximate surface area is 127 Å². The van der Waals surface area contributed by atoms with Gasteiger partial charge in [0.15, 0.2) is 0 Å². The number of fused-ring (bicyclic) bond motifs is 1. The van der Waals surface area contributed by atoms with Gasteiger partial charge in [-0.15, -0.1) is 0 Å². The van der Waals surface area contributed by atoms with Crippen LogP contribution in [0.3, 0.4) is 0 Å². The molecule has 0 atom stereocenters. The zero-order valence-electron chi connectivity index (χ0n) is 13.3. The number of hydrogen-bond acceptors (Lipinski definition) is 5. The molecular weight excluding hydrogens is 262 g/mol. The van der Waals surface area contributed by atoms with Gasteiger partial charge in [-0.25, -0.2) is 9.97 Å². The van der Waals surface area contributed by atoms with E-state index >= 15 is 0 Å². The topological polar surface area (TPSA) is 58.3 Å². The molecule has 0 saturated carbocycles. The highest BCUT2D eigenvalue weighted by atomic mass is 15.3. The summed E-state index contributed by atoms with van der Waals surface area (Å²) in [6.45, 7) is 10.3. The fourth-order valence-electron chi connectivity index (χ4n) is 3.31. The molecule has 5 nitrogen and oxygen atoms in total. The summed E-state index contributed by atoms with van der Waals surface area (Å²) in [5.74, 6) is 1.73. The van der Waals surface area contributed by atoms with Crippen LogP contribution in [0.4, 0.5) is 5.95 Å². The molecule has 116 valence electrons. The summed E-state index contributed by atoms with van der Waals surface area (Å²) in [5, 5.41) is 0. The zero-order chi connectivity index (χ0) is 14.8. The second-order valence-corrected chi connectivity index (χ2v) is 6.39. The Morgan fingerprint density at radius 2 is 1.95 bits per heavy atom. The molecule has 0 unspecified atom stereocenters. The molecule has 0 radical (unpaired) electrons. The maximum atomic E-state index is 5.95. The number of hydrogen-bond donors (Lipinski definition) is 1. The van der Waals surface area contributed by atoms with Crippen molar-refractivity contribution in [2.75, 3.05) is 31.1 Å². The minimum absolute atomic E-state index is 0.514. The molecule has 3 rings (SSSR count). The minimum Gasteiger partial charge on any atom is -0.341 e. The highest BCUT2D eigenvalue weighted by Crippen LogP contribution is 2.25. The molecular formula is C16H27N5. The molecule has 1 saturated heterocycles.